The molecule has 0 unspecified atom stereocenters. The van der Waals surface area contributed by atoms with Crippen molar-refractivity contribution in [2.24, 2.45) is 0 Å². The summed E-state index contributed by atoms with van der Waals surface area (Å²) < 4.78 is 21.9. The van der Waals surface area contributed by atoms with Crippen molar-refractivity contribution in [1.82, 2.24) is 0 Å². The van der Waals surface area contributed by atoms with Crippen molar-refractivity contribution in [3.8, 4) is 0 Å². The third-order valence-electron chi connectivity index (χ3n) is 0.923. The van der Waals surface area contributed by atoms with Crippen LogP contribution in [0.25, 0.3) is 0 Å². The topological polar surface area (TPSA) is 67.2 Å². The zero-order valence-electron chi connectivity index (χ0n) is 6.05. The molecule has 0 aliphatic rings. The Bertz CT molecular complexity index is 207. The highest BCUT2D eigenvalue weighted by atomic mass is 32.2. The van der Waals surface area contributed by atoms with Crippen molar-refractivity contribution >= 4 is 15.7 Å². The molecule has 5 heteroatoms. The third-order valence-corrected chi connectivity index (χ3v) is 1.91. The standard InChI is InChI=1S/C5H11NO3S/c1-9-5(7)3-4-10(2,6)8/h6H,3-4H2,1-2H3/t10-/m1/s1. The molecule has 0 aliphatic heterocycles. The first-order valence-electron chi connectivity index (χ1n) is 2.74. The highest BCUT2D eigenvalue weighted by molar-refractivity contribution is 7.91. The number of hydrogen-bond acceptors (Lipinski definition) is 4. The van der Waals surface area contributed by atoms with Crippen molar-refractivity contribution < 1.29 is 13.7 Å². The maximum atomic E-state index is 10.7. The molecule has 1 N–H and O–H groups in total. The number of esters is 1. The minimum absolute atomic E-state index is 0.0648. The fraction of sp³-hybridized carbons (Fsp3) is 0.800. The Kier molecular flexibility index (Phi) is 3.35. The van der Waals surface area contributed by atoms with E-state index in [1.165, 1.54) is 13.4 Å². The Labute approximate surface area is 60.5 Å². The quantitative estimate of drug-likeness (QED) is 0.608. The van der Waals surface area contributed by atoms with Gasteiger partial charge in [0.15, 0.2) is 0 Å². The zero-order chi connectivity index (χ0) is 8.20. The Morgan fingerprint density at radius 1 is 1.70 bits per heavy atom. The van der Waals surface area contributed by atoms with Crippen LogP contribution in [0.15, 0.2) is 0 Å². The molecule has 0 saturated carbocycles. The van der Waals surface area contributed by atoms with Crippen LogP contribution < -0.4 is 0 Å². The molecule has 0 radical (unpaired) electrons. The number of rotatable bonds is 3. The van der Waals surface area contributed by atoms with Gasteiger partial charge in [0, 0.05) is 21.7 Å². The molecule has 0 bridgehead atoms. The summed E-state index contributed by atoms with van der Waals surface area (Å²) in [5, 5.41) is 0. The van der Waals surface area contributed by atoms with Crippen molar-refractivity contribution in [2.45, 2.75) is 6.42 Å². The van der Waals surface area contributed by atoms with Gasteiger partial charge >= 0.3 is 5.97 Å². The number of nitrogens with one attached hydrogen (secondary N) is 1. The number of carbonyl (C=O) groups excluding carboxylic acids is 1. The second-order valence-electron chi connectivity index (χ2n) is 2.04. The van der Waals surface area contributed by atoms with Gasteiger partial charge in [-0.2, -0.15) is 0 Å². The molecule has 0 heterocycles. The number of carbonyl (C=O) groups is 1. The Morgan fingerprint density at radius 3 is 2.50 bits per heavy atom. The van der Waals surface area contributed by atoms with Crippen LogP contribution in [-0.2, 0) is 19.3 Å². The minimum atomic E-state index is -2.53. The highest BCUT2D eigenvalue weighted by Crippen LogP contribution is 1.91. The first kappa shape index (κ1) is 9.42. The van der Waals surface area contributed by atoms with E-state index in [0.29, 0.717) is 0 Å². The van der Waals surface area contributed by atoms with Gasteiger partial charge in [-0.1, -0.05) is 0 Å². The molecule has 0 aromatic heterocycles. The van der Waals surface area contributed by atoms with E-state index in [1.807, 2.05) is 0 Å². The molecule has 0 aliphatic carbocycles. The second kappa shape index (κ2) is 3.55. The lowest BCUT2D eigenvalue weighted by atomic mass is 10.5. The molecular weight excluding hydrogens is 154 g/mol. The predicted molar refractivity (Wildman–Crippen MR) is 38.3 cm³/mol. The van der Waals surface area contributed by atoms with Gasteiger partial charge in [-0.25, -0.2) is 0 Å². The van der Waals surface area contributed by atoms with Crippen LogP contribution in [-0.4, -0.2) is 29.3 Å². The normalized spacial score (nSPS) is 15.8. The molecule has 0 aromatic rings. The average molecular weight is 165 g/mol. The fourth-order valence-corrected chi connectivity index (χ4v) is 0.936. The molecule has 1 atom stereocenters. The van der Waals surface area contributed by atoms with Crippen LogP contribution in [0.3, 0.4) is 0 Å². The molecule has 0 amide bonds. The van der Waals surface area contributed by atoms with Crippen LogP contribution >= 0.6 is 0 Å². The van der Waals surface area contributed by atoms with E-state index >= 15 is 0 Å². The molecule has 4 nitrogen and oxygen atoms in total. The zero-order valence-corrected chi connectivity index (χ0v) is 6.86. The van der Waals surface area contributed by atoms with E-state index in [0.717, 1.165) is 0 Å². The molecular formula is C5H11NO3S. The van der Waals surface area contributed by atoms with Gasteiger partial charge in [0.25, 0.3) is 0 Å². The number of methoxy groups -OCH3 is 1. The third kappa shape index (κ3) is 5.55. The number of hydrogen-bond donors (Lipinski definition) is 1. The lowest BCUT2D eigenvalue weighted by Crippen LogP contribution is -2.08. The maximum Gasteiger partial charge on any atom is 0.306 e. The predicted octanol–water partition coefficient (Wildman–Crippen LogP) is 0.226. The molecule has 0 rings (SSSR count). The van der Waals surface area contributed by atoms with Gasteiger partial charge in [-0.3, -0.25) is 13.8 Å². The van der Waals surface area contributed by atoms with Crippen molar-refractivity contribution in [1.29, 1.82) is 4.78 Å². The Hall–Kier alpha value is -0.580. The van der Waals surface area contributed by atoms with Crippen molar-refractivity contribution in [3.63, 3.8) is 0 Å². The molecule has 0 fully saturated rings. The van der Waals surface area contributed by atoms with Gasteiger partial charge < -0.3 is 4.74 Å². The summed E-state index contributed by atoms with van der Waals surface area (Å²) in [5.74, 6) is -0.332. The second-order valence-corrected chi connectivity index (χ2v) is 4.45. The van der Waals surface area contributed by atoms with Gasteiger partial charge in [-0.15, -0.1) is 0 Å². The van der Waals surface area contributed by atoms with Gasteiger partial charge in [-0.05, 0) is 0 Å². The van der Waals surface area contributed by atoms with Crippen molar-refractivity contribution in [2.75, 3.05) is 19.1 Å². The van der Waals surface area contributed by atoms with Crippen molar-refractivity contribution in [3.05, 3.63) is 0 Å². The lowest BCUT2D eigenvalue weighted by molar-refractivity contribution is -0.140. The van der Waals surface area contributed by atoms with Crippen LogP contribution in [0.4, 0.5) is 0 Å². The van der Waals surface area contributed by atoms with E-state index in [-0.39, 0.29) is 12.2 Å². The molecule has 0 aromatic carbocycles. The van der Waals surface area contributed by atoms with E-state index in [1.54, 1.807) is 0 Å². The van der Waals surface area contributed by atoms with E-state index in [2.05, 4.69) is 4.74 Å². The summed E-state index contributed by atoms with van der Waals surface area (Å²) in [7, 11) is -1.26. The Balaban J connectivity index is 3.67. The Morgan fingerprint density at radius 2 is 2.20 bits per heavy atom. The highest BCUT2D eigenvalue weighted by Gasteiger charge is 2.03. The molecule has 0 spiro atoms. The largest absolute Gasteiger partial charge is 0.469 e. The summed E-state index contributed by atoms with van der Waals surface area (Å²) in [6.07, 6.45) is 1.37. The molecule has 10 heavy (non-hydrogen) atoms. The average Bonchev–Trinajstić information content (AvgIpc) is 1.81. The summed E-state index contributed by atoms with van der Waals surface area (Å²) in [6, 6.07) is 0. The smallest absolute Gasteiger partial charge is 0.306 e. The molecule has 60 valence electrons. The maximum absolute atomic E-state index is 10.7. The monoisotopic (exact) mass is 165 g/mol. The summed E-state index contributed by atoms with van der Waals surface area (Å²) >= 11 is 0. The van der Waals surface area contributed by atoms with Gasteiger partial charge in [0.2, 0.25) is 0 Å². The van der Waals surface area contributed by atoms with Crippen LogP contribution in [0.1, 0.15) is 6.42 Å². The van der Waals surface area contributed by atoms with E-state index in [9.17, 15) is 9.00 Å². The first-order chi connectivity index (χ1) is 4.45. The lowest BCUT2D eigenvalue weighted by Gasteiger charge is -1.98. The fourth-order valence-electron chi connectivity index (χ4n) is 0.380. The van der Waals surface area contributed by atoms with Crippen LogP contribution in [0.2, 0.25) is 0 Å². The van der Waals surface area contributed by atoms with Crippen LogP contribution in [0.5, 0.6) is 0 Å². The minimum Gasteiger partial charge on any atom is -0.469 e. The molecule has 0 saturated heterocycles. The van der Waals surface area contributed by atoms with Crippen LogP contribution in [0, 0.1) is 4.78 Å². The number of ether oxygens (including phenoxy) is 1. The summed E-state index contributed by atoms with van der Waals surface area (Å²) in [6.45, 7) is 0. The van der Waals surface area contributed by atoms with E-state index in [4.69, 9.17) is 4.78 Å². The van der Waals surface area contributed by atoms with E-state index < -0.39 is 15.7 Å². The van der Waals surface area contributed by atoms with Gasteiger partial charge in [0.1, 0.15) is 0 Å². The SMILES string of the molecule is COC(=O)CC[S@](C)(=N)=O. The first-order valence-corrected chi connectivity index (χ1v) is 4.87. The summed E-state index contributed by atoms with van der Waals surface area (Å²) in [5.41, 5.74) is 0. The summed E-state index contributed by atoms with van der Waals surface area (Å²) in [4.78, 5) is 10.4. The van der Waals surface area contributed by atoms with Gasteiger partial charge in [0.05, 0.1) is 13.5 Å².